The Balaban J connectivity index is 1.61. The van der Waals surface area contributed by atoms with Gasteiger partial charge in [-0.25, -0.2) is 0 Å². The van der Waals surface area contributed by atoms with E-state index in [0.717, 1.165) is 21.7 Å². The van der Waals surface area contributed by atoms with Crippen LogP contribution in [0.4, 0.5) is 0 Å². The number of ether oxygens (including phenoxy) is 2. The van der Waals surface area contributed by atoms with Crippen molar-refractivity contribution in [3.05, 3.63) is 72.0 Å². The summed E-state index contributed by atoms with van der Waals surface area (Å²) in [5.41, 5.74) is 1.65. The van der Waals surface area contributed by atoms with E-state index in [0.29, 0.717) is 29.4 Å². The maximum atomic E-state index is 12.9. The second-order valence-corrected chi connectivity index (χ2v) is 6.66. The molecule has 1 aromatic heterocycles. The van der Waals surface area contributed by atoms with Gasteiger partial charge in [-0.05, 0) is 40.6 Å². The minimum Gasteiger partial charge on any atom is -0.493 e. The quantitative estimate of drug-likeness (QED) is 0.499. The van der Waals surface area contributed by atoms with Gasteiger partial charge >= 0.3 is 0 Å². The predicted octanol–water partition coefficient (Wildman–Crippen LogP) is 4.88. The van der Waals surface area contributed by atoms with Gasteiger partial charge in [-0.3, -0.25) is 4.79 Å². The molecule has 0 N–H and O–H groups in total. The van der Waals surface area contributed by atoms with Crippen molar-refractivity contribution in [3.8, 4) is 11.5 Å². The lowest BCUT2D eigenvalue weighted by molar-refractivity contribution is 0.0755. The molecule has 5 heteroatoms. The van der Waals surface area contributed by atoms with Crippen LogP contribution in [0.2, 0.25) is 0 Å². The summed E-state index contributed by atoms with van der Waals surface area (Å²) in [6.07, 6.45) is 0. The largest absolute Gasteiger partial charge is 0.493 e. The molecule has 5 nitrogen and oxygen atoms in total. The van der Waals surface area contributed by atoms with E-state index in [1.807, 2.05) is 60.7 Å². The third-order valence-electron chi connectivity index (χ3n) is 4.85. The van der Waals surface area contributed by atoms with Crippen molar-refractivity contribution in [1.29, 1.82) is 0 Å². The molecule has 0 aliphatic heterocycles. The number of amides is 1. The molecule has 0 aliphatic carbocycles. The summed E-state index contributed by atoms with van der Waals surface area (Å²) < 4.78 is 16.4. The zero-order valence-electron chi connectivity index (χ0n) is 16.1. The fourth-order valence-corrected chi connectivity index (χ4v) is 3.41. The summed E-state index contributed by atoms with van der Waals surface area (Å²) in [5, 5.41) is 3.14. The Bertz CT molecular complexity index is 1160. The minimum atomic E-state index is -0.171. The highest BCUT2D eigenvalue weighted by Crippen LogP contribution is 2.30. The smallest absolute Gasteiger partial charge is 0.289 e. The molecule has 0 spiro atoms. The summed E-state index contributed by atoms with van der Waals surface area (Å²) in [4.78, 5) is 14.5. The molecule has 28 heavy (non-hydrogen) atoms. The van der Waals surface area contributed by atoms with Crippen molar-refractivity contribution < 1.29 is 18.7 Å². The Hall–Kier alpha value is -3.47. The second kappa shape index (κ2) is 7.27. The van der Waals surface area contributed by atoms with E-state index in [1.54, 1.807) is 26.2 Å². The fourth-order valence-electron chi connectivity index (χ4n) is 3.41. The number of rotatable bonds is 5. The fraction of sp³-hybridized carbons (Fsp3) is 0.174. The van der Waals surface area contributed by atoms with Crippen LogP contribution >= 0.6 is 0 Å². The average Bonchev–Trinajstić information content (AvgIpc) is 3.17. The highest BCUT2D eigenvalue weighted by atomic mass is 16.5. The molecule has 0 bridgehead atoms. The van der Waals surface area contributed by atoms with E-state index in [1.165, 1.54) is 0 Å². The first-order valence-electron chi connectivity index (χ1n) is 8.98. The van der Waals surface area contributed by atoms with Gasteiger partial charge in [-0.2, -0.15) is 0 Å². The summed E-state index contributed by atoms with van der Waals surface area (Å²) in [6, 6.07) is 19.4. The maximum Gasteiger partial charge on any atom is 0.289 e. The van der Waals surface area contributed by atoms with Gasteiger partial charge in [-0.15, -0.1) is 0 Å². The molecule has 0 saturated heterocycles. The lowest BCUT2D eigenvalue weighted by Crippen LogP contribution is -2.25. The first-order chi connectivity index (χ1) is 13.6. The first kappa shape index (κ1) is 17.9. The number of benzene rings is 3. The van der Waals surface area contributed by atoms with Gasteiger partial charge in [0.2, 0.25) is 0 Å². The standard InChI is InChI=1S/C23H21NO4/c1-24(14-15-8-10-20(26-2)21(12-15)27-3)23(25)22-13-18-17-7-5-4-6-16(17)9-11-19(18)28-22/h4-13H,14H2,1-3H3. The number of methoxy groups -OCH3 is 2. The predicted molar refractivity (Wildman–Crippen MR) is 109 cm³/mol. The van der Waals surface area contributed by atoms with E-state index in [4.69, 9.17) is 13.9 Å². The molecular formula is C23H21NO4. The molecule has 3 aromatic carbocycles. The molecule has 4 aromatic rings. The van der Waals surface area contributed by atoms with Gasteiger partial charge < -0.3 is 18.8 Å². The Labute approximate surface area is 163 Å². The van der Waals surface area contributed by atoms with Crippen LogP contribution in [0.3, 0.4) is 0 Å². The monoisotopic (exact) mass is 375 g/mol. The summed E-state index contributed by atoms with van der Waals surface area (Å²) in [6.45, 7) is 0.428. The number of hydrogen-bond acceptors (Lipinski definition) is 4. The van der Waals surface area contributed by atoms with Crippen molar-refractivity contribution in [2.24, 2.45) is 0 Å². The van der Waals surface area contributed by atoms with Crippen LogP contribution in [0.25, 0.3) is 21.7 Å². The summed E-state index contributed by atoms with van der Waals surface area (Å²) in [7, 11) is 4.94. The van der Waals surface area contributed by atoms with Gasteiger partial charge in [-0.1, -0.05) is 36.4 Å². The van der Waals surface area contributed by atoms with Crippen LogP contribution < -0.4 is 9.47 Å². The normalized spacial score (nSPS) is 11.0. The van der Waals surface area contributed by atoms with Gasteiger partial charge in [0.1, 0.15) is 5.58 Å². The molecule has 4 rings (SSSR count). The van der Waals surface area contributed by atoms with Gasteiger partial charge in [0.15, 0.2) is 17.3 Å². The van der Waals surface area contributed by atoms with Crippen LogP contribution in [-0.2, 0) is 6.54 Å². The molecule has 0 unspecified atom stereocenters. The van der Waals surface area contributed by atoms with E-state index < -0.39 is 0 Å². The number of fused-ring (bicyclic) bond motifs is 3. The zero-order valence-corrected chi connectivity index (χ0v) is 16.1. The Morgan fingerprint density at radius 3 is 2.50 bits per heavy atom. The molecule has 142 valence electrons. The first-order valence-corrected chi connectivity index (χ1v) is 8.98. The van der Waals surface area contributed by atoms with Crippen molar-refractivity contribution in [1.82, 2.24) is 4.90 Å². The van der Waals surface area contributed by atoms with Crippen molar-refractivity contribution in [2.45, 2.75) is 6.54 Å². The molecule has 1 amide bonds. The van der Waals surface area contributed by atoms with E-state index in [2.05, 4.69) is 0 Å². The number of furan rings is 1. The Morgan fingerprint density at radius 2 is 1.71 bits per heavy atom. The van der Waals surface area contributed by atoms with E-state index in [9.17, 15) is 4.79 Å². The topological polar surface area (TPSA) is 51.9 Å². The van der Waals surface area contributed by atoms with Crippen LogP contribution in [0, 0.1) is 0 Å². The van der Waals surface area contributed by atoms with E-state index >= 15 is 0 Å². The molecule has 0 atom stereocenters. The lowest BCUT2D eigenvalue weighted by Gasteiger charge is -2.17. The third kappa shape index (κ3) is 3.16. The minimum absolute atomic E-state index is 0.171. The van der Waals surface area contributed by atoms with Gasteiger partial charge in [0.05, 0.1) is 14.2 Å². The molecule has 1 heterocycles. The van der Waals surface area contributed by atoms with Gasteiger partial charge in [0, 0.05) is 19.0 Å². The number of hydrogen-bond donors (Lipinski definition) is 0. The van der Waals surface area contributed by atoms with Crippen LogP contribution in [0.1, 0.15) is 16.1 Å². The Kier molecular flexibility index (Phi) is 4.65. The third-order valence-corrected chi connectivity index (χ3v) is 4.85. The van der Waals surface area contributed by atoms with Gasteiger partial charge in [0.25, 0.3) is 5.91 Å². The Morgan fingerprint density at radius 1 is 0.929 bits per heavy atom. The SMILES string of the molecule is COc1ccc(CN(C)C(=O)c2cc3c(ccc4ccccc43)o2)cc1OC. The van der Waals surface area contributed by atoms with Crippen LogP contribution in [-0.4, -0.2) is 32.1 Å². The number of carbonyl (C=O) groups excluding carboxylic acids is 1. The highest BCUT2D eigenvalue weighted by Gasteiger charge is 2.18. The van der Waals surface area contributed by atoms with E-state index in [-0.39, 0.29) is 5.91 Å². The zero-order chi connectivity index (χ0) is 19.7. The highest BCUT2D eigenvalue weighted by molar-refractivity contribution is 6.08. The average molecular weight is 375 g/mol. The summed E-state index contributed by atoms with van der Waals surface area (Å²) >= 11 is 0. The van der Waals surface area contributed by atoms with Crippen molar-refractivity contribution >= 4 is 27.6 Å². The lowest BCUT2D eigenvalue weighted by atomic mass is 10.1. The number of carbonyl (C=O) groups is 1. The number of nitrogens with zero attached hydrogens (tertiary/aromatic N) is 1. The van der Waals surface area contributed by atoms with Crippen molar-refractivity contribution in [2.75, 3.05) is 21.3 Å². The molecule has 0 fully saturated rings. The molecular weight excluding hydrogens is 354 g/mol. The van der Waals surface area contributed by atoms with Crippen molar-refractivity contribution in [3.63, 3.8) is 0 Å². The summed E-state index contributed by atoms with van der Waals surface area (Å²) in [5.74, 6) is 1.45. The molecule has 0 radical (unpaired) electrons. The van der Waals surface area contributed by atoms with Crippen LogP contribution in [0.5, 0.6) is 11.5 Å². The molecule has 0 aliphatic rings. The molecule has 0 saturated carbocycles. The second-order valence-electron chi connectivity index (χ2n) is 6.66. The van der Waals surface area contributed by atoms with Crippen LogP contribution in [0.15, 0.2) is 65.1 Å². The maximum absolute atomic E-state index is 12.9.